The van der Waals surface area contributed by atoms with Crippen molar-refractivity contribution in [3.05, 3.63) is 56.0 Å². The number of halogens is 4. The van der Waals surface area contributed by atoms with Crippen molar-refractivity contribution >= 4 is 46.4 Å². The highest BCUT2D eigenvalue weighted by Crippen LogP contribution is 2.39. The molecular weight excluding hydrogens is 298 g/mol. The molecule has 2 aromatic rings. The van der Waals surface area contributed by atoms with Crippen molar-refractivity contribution in [1.29, 1.82) is 0 Å². The molecule has 0 aliphatic rings. The third-order valence-corrected chi connectivity index (χ3v) is 3.75. The quantitative estimate of drug-likeness (QED) is 0.544. The number of hydrogen-bond acceptors (Lipinski definition) is 0. The maximum absolute atomic E-state index is 6.17. The Balaban J connectivity index is 2.72. The van der Waals surface area contributed by atoms with E-state index in [1.807, 2.05) is 25.1 Å². The molecule has 4 heteroatoms. The van der Waals surface area contributed by atoms with Crippen LogP contribution in [0.1, 0.15) is 5.56 Å². The second-order valence-electron chi connectivity index (χ2n) is 3.73. The molecule has 0 bridgehead atoms. The Hall–Kier alpha value is -0.400. The van der Waals surface area contributed by atoms with E-state index in [4.69, 9.17) is 46.4 Å². The molecule has 0 spiro atoms. The van der Waals surface area contributed by atoms with Gasteiger partial charge < -0.3 is 0 Å². The SMILES string of the molecule is Cc1ccc(Cl)c(-c2cc(Cl)cc(Cl)c2Cl)c1. The van der Waals surface area contributed by atoms with Gasteiger partial charge in [0.25, 0.3) is 0 Å². The maximum atomic E-state index is 6.17. The van der Waals surface area contributed by atoms with Crippen LogP contribution in [0.15, 0.2) is 30.3 Å². The van der Waals surface area contributed by atoms with Crippen LogP contribution < -0.4 is 0 Å². The van der Waals surface area contributed by atoms with Crippen molar-refractivity contribution in [3.8, 4) is 11.1 Å². The van der Waals surface area contributed by atoms with Crippen molar-refractivity contribution in [1.82, 2.24) is 0 Å². The Kier molecular flexibility index (Phi) is 3.89. The van der Waals surface area contributed by atoms with E-state index in [0.717, 1.165) is 16.7 Å². The zero-order valence-electron chi connectivity index (χ0n) is 8.90. The third-order valence-electron chi connectivity index (χ3n) is 2.41. The van der Waals surface area contributed by atoms with Gasteiger partial charge in [-0.05, 0) is 31.2 Å². The number of benzene rings is 2. The minimum absolute atomic E-state index is 0.423. The monoisotopic (exact) mass is 304 g/mol. The molecule has 0 atom stereocenters. The van der Waals surface area contributed by atoms with E-state index >= 15 is 0 Å². The minimum Gasteiger partial charge on any atom is -0.0843 e. The van der Waals surface area contributed by atoms with Crippen molar-refractivity contribution in [2.24, 2.45) is 0 Å². The lowest BCUT2D eigenvalue weighted by molar-refractivity contribution is 1.47. The summed E-state index contributed by atoms with van der Waals surface area (Å²) in [5.74, 6) is 0. The Morgan fingerprint density at radius 3 is 2.18 bits per heavy atom. The molecule has 0 unspecified atom stereocenters. The van der Waals surface area contributed by atoms with Gasteiger partial charge in [-0.1, -0.05) is 58.0 Å². The fourth-order valence-electron chi connectivity index (χ4n) is 1.60. The summed E-state index contributed by atoms with van der Waals surface area (Å²) in [4.78, 5) is 0. The number of aryl methyl sites for hydroxylation is 1. The molecule has 0 saturated carbocycles. The van der Waals surface area contributed by atoms with Gasteiger partial charge in [-0.15, -0.1) is 0 Å². The highest BCUT2D eigenvalue weighted by atomic mass is 35.5. The predicted octanol–water partition coefficient (Wildman–Crippen LogP) is 6.28. The lowest BCUT2D eigenvalue weighted by Crippen LogP contribution is -1.84. The molecule has 0 saturated heterocycles. The molecule has 0 amide bonds. The van der Waals surface area contributed by atoms with Gasteiger partial charge in [0.15, 0.2) is 0 Å². The summed E-state index contributed by atoms with van der Waals surface area (Å²) in [7, 11) is 0. The molecule has 17 heavy (non-hydrogen) atoms. The molecule has 0 fully saturated rings. The van der Waals surface area contributed by atoms with E-state index in [2.05, 4.69) is 0 Å². The highest BCUT2D eigenvalue weighted by Gasteiger charge is 2.12. The zero-order chi connectivity index (χ0) is 12.6. The van der Waals surface area contributed by atoms with E-state index in [1.165, 1.54) is 0 Å². The van der Waals surface area contributed by atoms with E-state index in [0.29, 0.717) is 20.1 Å². The van der Waals surface area contributed by atoms with E-state index in [1.54, 1.807) is 12.1 Å². The lowest BCUT2D eigenvalue weighted by Gasteiger charge is -2.10. The van der Waals surface area contributed by atoms with Crippen LogP contribution in [0.25, 0.3) is 11.1 Å². The van der Waals surface area contributed by atoms with E-state index in [-0.39, 0.29) is 0 Å². The first kappa shape index (κ1) is 13.0. The second-order valence-corrected chi connectivity index (χ2v) is 5.36. The van der Waals surface area contributed by atoms with E-state index in [9.17, 15) is 0 Å². The second kappa shape index (κ2) is 5.07. The van der Waals surface area contributed by atoms with Crippen molar-refractivity contribution in [2.75, 3.05) is 0 Å². The summed E-state index contributed by atoms with van der Waals surface area (Å²) in [6.45, 7) is 1.99. The van der Waals surface area contributed by atoms with Gasteiger partial charge in [-0.3, -0.25) is 0 Å². The Bertz CT molecular complexity index is 576. The summed E-state index contributed by atoms with van der Waals surface area (Å²) in [6, 6.07) is 9.09. The molecule has 0 aliphatic carbocycles. The van der Waals surface area contributed by atoms with Crippen molar-refractivity contribution in [3.63, 3.8) is 0 Å². The summed E-state index contributed by atoms with van der Waals surface area (Å²) in [5.41, 5.74) is 2.68. The first-order chi connectivity index (χ1) is 7.99. The van der Waals surface area contributed by atoms with Gasteiger partial charge in [0.2, 0.25) is 0 Å². The highest BCUT2D eigenvalue weighted by molar-refractivity contribution is 6.45. The molecule has 0 aromatic heterocycles. The Morgan fingerprint density at radius 1 is 0.765 bits per heavy atom. The summed E-state index contributed by atoms with van der Waals surface area (Å²) in [6.07, 6.45) is 0. The van der Waals surface area contributed by atoms with Crippen LogP contribution in [0.3, 0.4) is 0 Å². The topological polar surface area (TPSA) is 0 Å². The van der Waals surface area contributed by atoms with Gasteiger partial charge in [0.1, 0.15) is 0 Å². The van der Waals surface area contributed by atoms with Crippen LogP contribution in [0.2, 0.25) is 20.1 Å². The molecule has 0 heterocycles. The van der Waals surface area contributed by atoms with Gasteiger partial charge in [-0.25, -0.2) is 0 Å². The van der Waals surface area contributed by atoms with Gasteiger partial charge in [0.05, 0.1) is 10.0 Å². The van der Waals surface area contributed by atoms with Gasteiger partial charge in [0, 0.05) is 21.2 Å². The molecule has 0 nitrogen and oxygen atoms in total. The Morgan fingerprint density at radius 2 is 1.47 bits per heavy atom. The molecule has 2 aromatic carbocycles. The normalized spacial score (nSPS) is 10.6. The summed E-state index contributed by atoms with van der Waals surface area (Å²) in [5, 5.41) is 2.04. The average Bonchev–Trinajstić information content (AvgIpc) is 2.27. The number of hydrogen-bond donors (Lipinski definition) is 0. The smallest absolute Gasteiger partial charge is 0.0672 e. The van der Waals surface area contributed by atoms with Crippen LogP contribution >= 0.6 is 46.4 Å². The maximum Gasteiger partial charge on any atom is 0.0672 e. The minimum atomic E-state index is 0.423. The molecule has 88 valence electrons. The first-order valence-corrected chi connectivity index (χ1v) is 6.41. The molecule has 0 N–H and O–H groups in total. The van der Waals surface area contributed by atoms with Gasteiger partial charge in [-0.2, -0.15) is 0 Å². The molecule has 2 rings (SSSR count). The average molecular weight is 306 g/mol. The summed E-state index contributed by atoms with van der Waals surface area (Å²) >= 11 is 24.3. The molecule has 0 radical (unpaired) electrons. The fourth-order valence-corrected chi connectivity index (χ4v) is 2.52. The zero-order valence-corrected chi connectivity index (χ0v) is 11.9. The van der Waals surface area contributed by atoms with Crippen LogP contribution in [-0.4, -0.2) is 0 Å². The lowest BCUT2D eigenvalue weighted by atomic mass is 10.0. The predicted molar refractivity (Wildman–Crippen MR) is 76.7 cm³/mol. The summed E-state index contributed by atoms with van der Waals surface area (Å²) < 4.78 is 0. The van der Waals surface area contributed by atoms with Crippen molar-refractivity contribution in [2.45, 2.75) is 6.92 Å². The van der Waals surface area contributed by atoms with Crippen LogP contribution in [0.5, 0.6) is 0 Å². The first-order valence-electron chi connectivity index (χ1n) is 4.90. The third kappa shape index (κ3) is 2.71. The fraction of sp³-hybridized carbons (Fsp3) is 0.0769. The standard InChI is InChI=1S/C13H8Cl4/c1-7-2-3-11(15)9(4-7)10-5-8(14)6-12(16)13(10)17/h2-6H,1H3. The van der Waals surface area contributed by atoms with Gasteiger partial charge >= 0.3 is 0 Å². The van der Waals surface area contributed by atoms with E-state index < -0.39 is 0 Å². The van der Waals surface area contributed by atoms with Crippen LogP contribution in [0, 0.1) is 6.92 Å². The Labute approximate surface area is 120 Å². The largest absolute Gasteiger partial charge is 0.0843 e. The number of rotatable bonds is 1. The van der Waals surface area contributed by atoms with Crippen molar-refractivity contribution < 1.29 is 0 Å². The molecule has 0 aliphatic heterocycles. The van der Waals surface area contributed by atoms with Crippen LogP contribution in [-0.2, 0) is 0 Å². The molecular formula is C13H8Cl4. The van der Waals surface area contributed by atoms with Crippen LogP contribution in [0.4, 0.5) is 0 Å².